The van der Waals surface area contributed by atoms with Crippen molar-refractivity contribution in [3.05, 3.63) is 83.5 Å². The molecule has 5 nitrogen and oxygen atoms in total. The number of benzene rings is 2. The molecule has 0 bridgehead atoms. The molecule has 1 fully saturated rings. The van der Waals surface area contributed by atoms with Crippen molar-refractivity contribution in [2.75, 3.05) is 31.1 Å². The molecule has 0 amide bonds. The molecule has 36 heavy (non-hydrogen) atoms. The van der Waals surface area contributed by atoms with Crippen LogP contribution in [0.2, 0.25) is 5.02 Å². The van der Waals surface area contributed by atoms with Gasteiger partial charge in [0.1, 0.15) is 5.82 Å². The number of anilines is 1. The zero-order valence-electron chi connectivity index (χ0n) is 20.6. The first-order valence-electron chi connectivity index (χ1n) is 12.8. The molecule has 1 saturated heterocycles. The topological polar surface area (TPSA) is 54.5 Å². The first-order chi connectivity index (χ1) is 17.6. The number of nitrogens with one attached hydrogen (secondary N) is 1. The van der Waals surface area contributed by atoms with E-state index in [2.05, 4.69) is 40.5 Å². The van der Waals surface area contributed by atoms with E-state index in [1.807, 2.05) is 49.5 Å². The molecule has 0 radical (unpaired) electrons. The predicted octanol–water partition coefficient (Wildman–Crippen LogP) is 6.44. The lowest BCUT2D eigenvalue weighted by atomic mass is 9.88. The number of aromatic nitrogens is 1. The maximum absolute atomic E-state index is 12.1. The first kappa shape index (κ1) is 24.5. The molecule has 1 N–H and O–H groups in total. The maximum Gasteiger partial charge on any atom is 0.312 e. The molecule has 3 aromatic rings. The standard InChI is InChI=1S/C30H32ClN3O2/c1-2-36-30(35)24-14-18-34(19-15-24)29-5-3-4-28(33-29)27-20-25(31)10-11-26(27)23-8-6-21(7-9-23)22-12-16-32-17-13-22/h3-11,14,18,20,22,24,32H,2,12-13,15-17,19H2,1H3. The van der Waals surface area contributed by atoms with Gasteiger partial charge in [-0.15, -0.1) is 0 Å². The van der Waals surface area contributed by atoms with Crippen molar-refractivity contribution in [1.29, 1.82) is 0 Å². The quantitative estimate of drug-likeness (QED) is 0.394. The largest absolute Gasteiger partial charge is 0.466 e. The van der Waals surface area contributed by atoms with Crippen LogP contribution in [0.4, 0.5) is 5.82 Å². The number of pyridine rings is 1. The Labute approximate surface area is 218 Å². The summed E-state index contributed by atoms with van der Waals surface area (Å²) in [6.07, 6.45) is 6.93. The summed E-state index contributed by atoms with van der Waals surface area (Å²) in [7, 11) is 0. The maximum atomic E-state index is 12.1. The van der Waals surface area contributed by atoms with E-state index < -0.39 is 0 Å². The first-order valence-corrected chi connectivity index (χ1v) is 13.2. The van der Waals surface area contributed by atoms with E-state index in [9.17, 15) is 4.79 Å². The number of halogens is 1. The second-order valence-electron chi connectivity index (χ2n) is 9.40. The Kier molecular flexibility index (Phi) is 7.69. The van der Waals surface area contributed by atoms with E-state index in [1.165, 1.54) is 18.4 Å². The molecule has 1 unspecified atom stereocenters. The second kappa shape index (κ2) is 11.3. The third-order valence-electron chi connectivity index (χ3n) is 7.09. The van der Waals surface area contributed by atoms with Crippen molar-refractivity contribution in [2.45, 2.75) is 32.1 Å². The minimum Gasteiger partial charge on any atom is -0.466 e. The molecule has 0 spiro atoms. The Morgan fingerprint density at radius 2 is 1.86 bits per heavy atom. The molecule has 2 aliphatic heterocycles. The second-order valence-corrected chi connectivity index (χ2v) is 9.84. The van der Waals surface area contributed by atoms with Crippen molar-refractivity contribution >= 4 is 23.4 Å². The number of rotatable bonds is 6. The summed E-state index contributed by atoms with van der Waals surface area (Å²) in [6.45, 7) is 5.12. The molecule has 5 rings (SSSR count). The van der Waals surface area contributed by atoms with Crippen molar-refractivity contribution in [2.24, 2.45) is 5.92 Å². The highest BCUT2D eigenvalue weighted by Crippen LogP contribution is 2.36. The van der Waals surface area contributed by atoms with Gasteiger partial charge in [-0.25, -0.2) is 4.98 Å². The van der Waals surface area contributed by atoms with Gasteiger partial charge in [-0.3, -0.25) is 4.79 Å². The summed E-state index contributed by atoms with van der Waals surface area (Å²) in [6, 6.07) is 21.0. The molecule has 1 atom stereocenters. The molecular weight excluding hydrogens is 470 g/mol. The average Bonchev–Trinajstić information content (AvgIpc) is 2.94. The van der Waals surface area contributed by atoms with Crippen molar-refractivity contribution < 1.29 is 9.53 Å². The zero-order valence-corrected chi connectivity index (χ0v) is 21.4. The van der Waals surface area contributed by atoms with Crippen LogP contribution in [0.5, 0.6) is 0 Å². The fourth-order valence-corrected chi connectivity index (χ4v) is 5.27. The van der Waals surface area contributed by atoms with Crippen LogP contribution in [0.3, 0.4) is 0 Å². The summed E-state index contributed by atoms with van der Waals surface area (Å²) in [5.41, 5.74) is 5.55. The van der Waals surface area contributed by atoms with Gasteiger partial charge in [0.15, 0.2) is 0 Å². The molecule has 0 aliphatic carbocycles. The summed E-state index contributed by atoms with van der Waals surface area (Å²) >= 11 is 6.44. The Morgan fingerprint density at radius 3 is 2.58 bits per heavy atom. The van der Waals surface area contributed by atoms with Crippen LogP contribution in [-0.4, -0.2) is 37.2 Å². The molecule has 1 aromatic heterocycles. The number of nitrogens with zero attached hydrogens (tertiary/aromatic N) is 2. The predicted molar refractivity (Wildman–Crippen MR) is 146 cm³/mol. The van der Waals surface area contributed by atoms with Crippen molar-refractivity contribution in [3.8, 4) is 22.4 Å². The van der Waals surface area contributed by atoms with Gasteiger partial charge in [0.25, 0.3) is 0 Å². The number of piperidine rings is 1. The van der Waals surface area contributed by atoms with Gasteiger partial charge in [0.2, 0.25) is 0 Å². The van der Waals surface area contributed by atoms with Gasteiger partial charge in [-0.1, -0.05) is 54.1 Å². The third-order valence-corrected chi connectivity index (χ3v) is 7.32. The molecule has 6 heteroatoms. The summed E-state index contributed by atoms with van der Waals surface area (Å²) < 4.78 is 5.17. The molecule has 0 saturated carbocycles. The zero-order chi connectivity index (χ0) is 24.9. The highest BCUT2D eigenvalue weighted by Gasteiger charge is 2.23. The Morgan fingerprint density at radius 1 is 1.06 bits per heavy atom. The van der Waals surface area contributed by atoms with Crippen molar-refractivity contribution in [3.63, 3.8) is 0 Å². The van der Waals surface area contributed by atoms with Crippen LogP contribution in [0.25, 0.3) is 22.4 Å². The fourth-order valence-electron chi connectivity index (χ4n) is 5.10. The van der Waals surface area contributed by atoms with E-state index in [0.717, 1.165) is 41.3 Å². The fraction of sp³-hybridized carbons (Fsp3) is 0.333. The van der Waals surface area contributed by atoms with Crippen LogP contribution >= 0.6 is 11.6 Å². The number of hydrogen-bond acceptors (Lipinski definition) is 5. The van der Waals surface area contributed by atoms with Crippen LogP contribution in [0.15, 0.2) is 72.9 Å². The third kappa shape index (κ3) is 5.48. The van der Waals surface area contributed by atoms with Crippen LogP contribution < -0.4 is 10.2 Å². The van der Waals surface area contributed by atoms with Gasteiger partial charge >= 0.3 is 5.97 Å². The van der Waals surface area contributed by atoms with E-state index in [1.54, 1.807) is 0 Å². The lowest BCUT2D eigenvalue weighted by Crippen LogP contribution is -2.29. The number of esters is 1. The number of hydrogen-bond donors (Lipinski definition) is 1. The van der Waals surface area contributed by atoms with Gasteiger partial charge in [0.05, 0.1) is 18.2 Å². The minimum atomic E-state index is -0.197. The van der Waals surface area contributed by atoms with Gasteiger partial charge in [-0.2, -0.15) is 0 Å². The van der Waals surface area contributed by atoms with Crippen molar-refractivity contribution in [1.82, 2.24) is 10.3 Å². The van der Waals surface area contributed by atoms with Crippen LogP contribution in [-0.2, 0) is 9.53 Å². The summed E-state index contributed by atoms with van der Waals surface area (Å²) in [4.78, 5) is 19.1. The SMILES string of the molecule is CCOC(=O)C1C=CN(c2cccc(-c3cc(Cl)ccc3-c3ccc(C4CCNCC4)cc3)n2)CC1. The molecule has 2 aliphatic rings. The molecule has 2 aromatic carbocycles. The monoisotopic (exact) mass is 501 g/mol. The smallest absolute Gasteiger partial charge is 0.312 e. The minimum absolute atomic E-state index is 0.162. The lowest BCUT2D eigenvalue weighted by molar-refractivity contribution is -0.146. The lowest BCUT2D eigenvalue weighted by Gasteiger charge is -2.26. The van der Waals surface area contributed by atoms with Crippen LogP contribution in [0, 0.1) is 5.92 Å². The summed E-state index contributed by atoms with van der Waals surface area (Å²) in [5, 5.41) is 4.13. The van der Waals surface area contributed by atoms with Gasteiger partial charge in [-0.05, 0) is 86.1 Å². The van der Waals surface area contributed by atoms with Crippen LogP contribution in [0.1, 0.15) is 37.7 Å². The number of ether oxygens (including phenoxy) is 1. The average molecular weight is 502 g/mol. The highest BCUT2D eigenvalue weighted by atomic mass is 35.5. The summed E-state index contributed by atoms with van der Waals surface area (Å²) in [5.74, 6) is 1.12. The number of carbonyl (C=O) groups excluding carboxylic acids is 1. The van der Waals surface area contributed by atoms with E-state index in [4.69, 9.17) is 21.3 Å². The van der Waals surface area contributed by atoms with Gasteiger partial charge in [0, 0.05) is 23.3 Å². The Hall–Kier alpha value is -3.15. The molecule has 3 heterocycles. The Balaban J connectivity index is 1.41. The normalized spacial score (nSPS) is 18.3. The van der Waals surface area contributed by atoms with Gasteiger partial charge < -0.3 is 15.0 Å². The van der Waals surface area contributed by atoms with E-state index >= 15 is 0 Å². The number of carbonyl (C=O) groups is 1. The molecule has 186 valence electrons. The van der Waals surface area contributed by atoms with E-state index in [0.29, 0.717) is 30.5 Å². The van der Waals surface area contributed by atoms with E-state index in [-0.39, 0.29) is 11.9 Å². The highest BCUT2D eigenvalue weighted by molar-refractivity contribution is 6.31. The Bertz CT molecular complexity index is 1240. The molecular formula is C30H32ClN3O2.